The van der Waals surface area contributed by atoms with Crippen molar-refractivity contribution < 1.29 is 4.39 Å². The van der Waals surface area contributed by atoms with Gasteiger partial charge in [-0.25, -0.2) is 19.3 Å². The van der Waals surface area contributed by atoms with E-state index < -0.39 is 5.82 Å². The van der Waals surface area contributed by atoms with Crippen LogP contribution < -0.4 is 5.32 Å². The van der Waals surface area contributed by atoms with Crippen molar-refractivity contribution in [2.45, 2.75) is 0 Å². The zero-order chi connectivity index (χ0) is 13.4. The van der Waals surface area contributed by atoms with Gasteiger partial charge in [0.05, 0.1) is 16.6 Å². The summed E-state index contributed by atoms with van der Waals surface area (Å²) in [7, 11) is 1.58. The molecule has 0 radical (unpaired) electrons. The molecule has 0 aromatic carbocycles. The van der Waals surface area contributed by atoms with Gasteiger partial charge in [-0.1, -0.05) is 11.6 Å². The number of H-pyrrole nitrogens is 1. The van der Waals surface area contributed by atoms with Gasteiger partial charge in [0.25, 0.3) is 0 Å². The van der Waals surface area contributed by atoms with Crippen molar-refractivity contribution in [1.29, 1.82) is 0 Å². The molecule has 3 aromatic rings. The number of anilines is 1. The van der Waals surface area contributed by atoms with E-state index >= 15 is 0 Å². The average molecular weight is 279 g/mol. The second-order valence-electron chi connectivity index (χ2n) is 3.76. The number of aromatic nitrogens is 5. The highest BCUT2D eigenvalue weighted by atomic mass is 35.5. The maximum absolute atomic E-state index is 13.3. The average Bonchev–Trinajstić information content (AvgIpc) is 2.82. The Hall–Kier alpha value is -2.28. The van der Waals surface area contributed by atoms with Crippen molar-refractivity contribution in [2.75, 3.05) is 12.4 Å². The van der Waals surface area contributed by atoms with Crippen LogP contribution in [0.3, 0.4) is 0 Å². The van der Waals surface area contributed by atoms with Crippen molar-refractivity contribution in [3.63, 3.8) is 0 Å². The van der Waals surface area contributed by atoms with Crippen LogP contribution >= 0.6 is 11.6 Å². The number of fused-ring (bicyclic) bond motifs is 1. The predicted molar refractivity (Wildman–Crippen MR) is 69.4 cm³/mol. The van der Waals surface area contributed by atoms with E-state index in [-0.39, 0.29) is 5.82 Å². The summed E-state index contributed by atoms with van der Waals surface area (Å²) in [6.45, 7) is 0. The Kier molecular flexibility index (Phi) is 2.75. The van der Waals surface area contributed by atoms with E-state index in [4.69, 9.17) is 11.6 Å². The van der Waals surface area contributed by atoms with E-state index in [1.165, 1.54) is 6.20 Å². The molecule has 0 spiro atoms. The molecule has 3 heterocycles. The van der Waals surface area contributed by atoms with Crippen molar-refractivity contribution in [3.8, 4) is 11.5 Å². The van der Waals surface area contributed by atoms with Gasteiger partial charge in [-0.05, 0) is 6.07 Å². The Labute approximate surface area is 112 Å². The van der Waals surface area contributed by atoms with E-state index in [0.29, 0.717) is 27.6 Å². The summed E-state index contributed by atoms with van der Waals surface area (Å²) in [6, 6.07) is 1.70. The van der Waals surface area contributed by atoms with Crippen LogP contribution in [0, 0.1) is 5.82 Å². The lowest BCUT2D eigenvalue weighted by atomic mass is 10.2. The van der Waals surface area contributed by atoms with Gasteiger partial charge in [0.2, 0.25) is 0 Å². The first-order valence-corrected chi connectivity index (χ1v) is 5.77. The van der Waals surface area contributed by atoms with Gasteiger partial charge in [-0.15, -0.1) is 0 Å². The van der Waals surface area contributed by atoms with Gasteiger partial charge in [0.1, 0.15) is 5.69 Å². The molecular formula is C11H8ClFN6. The van der Waals surface area contributed by atoms with Crippen molar-refractivity contribution in [1.82, 2.24) is 25.1 Å². The fourth-order valence-electron chi connectivity index (χ4n) is 1.71. The Morgan fingerprint density at radius 1 is 1.32 bits per heavy atom. The van der Waals surface area contributed by atoms with Crippen molar-refractivity contribution >= 4 is 28.5 Å². The molecule has 0 aliphatic carbocycles. The molecule has 3 aromatic heterocycles. The molecule has 96 valence electrons. The zero-order valence-corrected chi connectivity index (χ0v) is 10.5. The van der Waals surface area contributed by atoms with Crippen LogP contribution in [0.15, 0.2) is 18.5 Å². The lowest BCUT2D eigenvalue weighted by molar-refractivity contribution is 0.619. The molecule has 0 unspecified atom stereocenters. The topological polar surface area (TPSA) is 79.4 Å². The van der Waals surface area contributed by atoms with Crippen LogP contribution in [0.4, 0.5) is 10.2 Å². The van der Waals surface area contributed by atoms with Gasteiger partial charge in [-0.3, -0.25) is 5.10 Å². The van der Waals surface area contributed by atoms with Crippen LogP contribution in [-0.2, 0) is 0 Å². The second-order valence-corrected chi connectivity index (χ2v) is 4.20. The summed E-state index contributed by atoms with van der Waals surface area (Å²) < 4.78 is 13.3. The Balaban J connectivity index is 2.21. The summed E-state index contributed by atoms with van der Waals surface area (Å²) in [5.74, 6) is -0.0914. The second kappa shape index (κ2) is 4.43. The number of hydrogen-bond acceptors (Lipinski definition) is 5. The molecule has 2 N–H and O–H groups in total. The van der Waals surface area contributed by atoms with E-state index in [0.717, 1.165) is 6.20 Å². The smallest absolute Gasteiger partial charge is 0.183 e. The summed E-state index contributed by atoms with van der Waals surface area (Å²) in [5, 5.41) is 10.6. The number of hydrogen-bond donors (Lipinski definition) is 2. The minimum Gasteiger partial charge on any atom is -0.371 e. The quantitative estimate of drug-likeness (QED) is 0.751. The molecule has 0 fully saturated rings. The minimum absolute atomic E-state index is 0.114. The SMILES string of the molecule is CNc1nc(-c2[nH]nc3ncc(Cl)cc23)ncc1F. The maximum atomic E-state index is 13.3. The molecule has 19 heavy (non-hydrogen) atoms. The van der Waals surface area contributed by atoms with Gasteiger partial charge in [0.15, 0.2) is 23.1 Å². The highest BCUT2D eigenvalue weighted by Gasteiger charge is 2.13. The Bertz CT molecular complexity index is 756. The molecule has 8 heteroatoms. The van der Waals surface area contributed by atoms with Crippen LogP contribution in [0.1, 0.15) is 0 Å². The molecule has 0 bridgehead atoms. The van der Waals surface area contributed by atoms with Crippen LogP contribution in [0.25, 0.3) is 22.6 Å². The molecule has 0 saturated carbocycles. The third kappa shape index (κ3) is 1.97. The van der Waals surface area contributed by atoms with Gasteiger partial charge in [-0.2, -0.15) is 5.10 Å². The first-order valence-electron chi connectivity index (χ1n) is 5.39. The summed E-state index contributed by atoms with van der Waals surface area (Å²) in [4.78, 5) is 12.1. The minimum atomic E-state index is -0.522. The number of halogens is 2. The van der Waals surface area contributed by atoms with E-state index in [9.17, 15) is 4.39 Å². The molecule has 6 nitrogen and oxygen atoms in total. The van der Waals surface area contributed by atoms with E-state index in [1.54, 1.807) is 13.1 Å². The zero-order valence-electron chi connectivity index (χ0n) is 9.78. The maximum Gasteiger partial charge on any atom is 0.183 e. The lowest BCUT2D eigenvalue weighted by Crippen LogP contribution is -2.00. The third-order valence-electron chi connectivity index (χ3n) is 2.58. The molecule has 0 aliphatic rings. The lowest BCUT2D eigenvalue weighted by Gasteiger charge is -2.03. The number of pyridine rings is 1. The molecule has 3 rings (SSSR count). The molecule has 0 amide bonds. The fourth-order valence-corrected chi connectivity index (χ4v) is 1.87. The van der Waals surface area contributed by atoms with Crippen LogP contribution in [0.5, 0.6) is 0 Å². The van der Waals surface area contributed by atoms with E-state index in [2.05, 4.69) is 30.5 Å². The number of rotatable bonds is 2. The highest BCUT2D eigenvalue weighted by Crippen LogP contribution is 2.25. The molecular weight excluding hydrogens is 271 g/mol. The summed E-state index contributed by atoms with van der Waals surface area (Å²) in [6.07, 6.45) is 2.60. The first-order chi connectivity index (χ1) is 9.19. The summed E-state index contributed by atoms with van der Waals surface area (Å²) in [5.41, 5.74) is 1.04. The van der Waals surface area contributed by atoms with Crippen LogP contribution in [0.2, 0.25) is 5.02 Å². The summed E-state index contributed by atoms with van der Waals surface area (Å²) >= 11 is 5.90. The highest BCUT2D eigenvalue weighted by molar-refractivity contribution is 6.31. The third-order valence-corrected chi connectivity index (χ3v) is 2.79. The standard InChI is InChI=1S/C11H8ClFN6/c1-14-10-7(13)4-16-11(17-10)8-6-2-5(12)3-15-9(6)19-18-8/h2-4H,1H3,(H,14,16,17)(H,15,18,19). The number of nitrogens with zero attached hydrogens (tertiary/aromatic N) is 4. The Morgan fingerprint density at radius 3 is 2.95 bits per heavy atom. The molecule has 0 aliphatic heterocycles. The van der Waals surface area contributed by atoms with Crippen molar-refractivity contribution in [3.05, 3.63) is 29.3 Å². The molecule has 0 saturated heterocycles. The van der Waals surface area contributed by atoms with Gasteiger partial charge in [0, 0.05) is 13.2 Å². The van der Waals surface area contributed by atoms with Gasteiger partial charge < -0.3 is 5.32 Å². The van der Waals surface area contributed by atoms with Crippen molar-refractivity contribution in [2.24, 2.45) is 0 Å². The molecule has 0 atom stereocenters. The monoisotopic (exact) mass is 278 g/mol. The Morgan fingerprint density at radius 2 is 2.16 bits per heavy atom. The van der Waals surface area contributed by atoms with Gasteiger partial charge >= 0.3 is 0 Å². The van der Waals surface area contributed by atoms with Crippen LogP contribution in [-0.4, -0.2) is 32.2 Å². The first kappa shape index (κ1) is 11.8. The fraction of sp³-hybridized carbons (Fsp3) is 0.0909. The number of aromatic amines is 1. The number of nitrogens with one attached hydrogen (secondary N) is 2. The predicted octanol–water partition coefficient (Wildman–Crippen LogP) is 2.25. The normalized spacial score (nSPS) is 10.9. The van der Waals surface area contributed by atoms with E-state index in [1.807, 2.05) is 0 Å². The largest absolute Gasteiger partial charge is 0.371 e.